The molecule has 0 radical (unpaired) electrons. The Bertz CT molecular complexity index is 429. The van der Waals surface area contributed by atoms with Crippen LogP contribution >= 0.6 is 0 Å². The van der Waals surface area contributed by atoms with Crippen LogP contribution < -0.4 is 5.73 Å². The van der Waals surface area contributed by atoms with Crippen molar-refractivity contribution in [2.45, 2.75) is 47.6 Å². The van der Waals surface area contributed by atoms with Crippen molar-refractivity contribution in [1.29, 1.82) is 0 Å². The third-order valence-electron chi connectivity index (χ3n) is 5.50. The number of nitrogens with two attached hydrogens (primary N) is 1. The van der Waals surface area contributed by atoms with Gasteiger partial charge >= 0.3 is 0 Å². The number of hydrogen-bond acceptors (Lipinski definition) is 1. The van der Waals surface area contributed by atoms with Gasteiger partial charge in [0.15, 0.2) is 0 Å². The molecule has 1 aromatic carbocycles. The number of aryl methyl sites for hydroxylation is 1. The predicted octanol–water partition coefficient (Wildman–Crippen LogP) is 3.99. The Morgan fingerprint density at radius 3 is 2.06 bits per heavy atom. The van der Waals surface area contributed by atoms with E-state index in [0.717, 1.165) is 0 Å². The van der Waals surface area contributed by atoms with Crippen LogP contribution in [0, 0.1) is 30.6 Å². The molecular weight excluding hydrogens is 206 g/mol. The Hall–Kier alpha value is -0.820. The van der Waals surface area contributed by atoms with Crippen LogP contribution in [-0.2, 0) is 0 Å². The zero-order chi connectivity index (χ0) is 13.0. The Labute approximate surface area is 105 Å². The fraction of sp³-hybridized carbons (Fsp3) is 0.625. The van der Waals surface area contributed by atoms with E-state index in [1.807, 2.05) is 0 Å². The molecule has 0 aliphatic heterocycles. The van der Waals surface area contributed by atoms with Crippen molar-refractivity contribution < 1.29 is 0 Å². The molecule has 0 amide bonds. The van der Waals surface area contributed by atoms with Crippen molar-refractivity contribution in [3.8, 4) is 0 Å². The molecule has 0 bridgehead atoms. The summed E-state index contributed by atoms with van der Waals surface area (Å²) < 4.78 is 0. The minimum absolute atomic E-state index is 0.167. The van der Waals surface area contributed by atoms with Gasteiger partial charge in [0.05, 0.1) is 0 Å². The van der Waals surface area contributed by atoms with Gasteiger partial charge in [-0.1, -0.05) is 45.9 Å². The molecule has 2 N–H and O–H groups in total. The molecule has 1 aliphatic rings. The van der Waals surface area contributed by atoms with Crippen molar-refractivity contribution in [2.24, 2.45) is 22.5 Å². The van der Waals surface area contributed by atoms with E-state index in [1.165, 1.54) is 16.7 Å². The first kappa shape index (κ1) is 12.6. The molecule has 1 fully saturated rings. The van der Waals surface area contributed by atoms with Gasteiger partial charge in [0.1, 0.15) is 0 Å². The second kappa shape index (κ2) is 3.58. The van der Waals surface area contributed by atoms with E-state index in [-0.39, 0.29) is 6.04 Å². The first-order valence-electron chi connectivity index (χ1n) is 6.53. The Balaban J connectivity index is 2.34. The monoisotopic (exact) mass is 231 g/mol. The molecule has 0 aromatic heterocycles. The SMILES string of the molecule is Cc1cccc(C(N)C2C(C)(C)C2(C)C)c1C. The van der Waals surface area contributed by atoms with E-state index < -0.39 is 0 Å². The van der Waals surface area contributed by atoms with E-state index in [0.29, 0.717) is 16.7 Å². The standard InChI is InChI=1S/C16H25N/c1-10-8-7-9-12(11(10)2)13(17)14-15(3,4)16(14,5)6/h7-9,13-14H,17H2,1-6H3. The van der Waals surface area contributed by atoms with Crippen molar-refractivity contribution in [2.75, 3.05) is 0 Å². The largest absolute Gasteiger partial charge is 0.324 e. The summed E-state index contributed by atoms with van der Waals surface area (Å²) in [6.45, 7) is 13.7. The second-order valence-electron chi connectivity index (χ2n) is 6.74. The summed E-state index contributed by atoms with van der Waals surface area (Å²) in [5.74, 6) is 0.579. The average molecular weight is 231 g/mol. The van der Waals surface area contributed by atoms with Gasteiger partial charge in [-0.3, -0.25) is 0 Å². The van der Waals surface area contributed by atoms with Crippen LogP contribution in [-0.4, -0.2) is 0 Å². The second-order valence-corrected chi connectivity index (χ2v) is 6.74. The summed E-state index contributed by atoms with van der Waals surface area (Å²) in [5, 5.41) is 0. The van der Waals surface area contributed by atoms with Gasteiger partial charge in [0.2, 0.25) is 0 Å². The van der Waals surface area contributed by atoms with Gasteiger partial charge in [0.25, 0.3) is 0 Å². The van der Waals surface area contributed by atoms with Crippen molar-refractivity contribution in [3.05, 3.63) is 34.9 Å². The van der Waals surface area contributed by atoms with Crippen LogP contribution in [0.3, 0.4) is 0 Å². The van der Waals surface area contributed by atoms with E-state index in [1.54, 1.807) is 0 Å². The van der Waals surface area contributed by atoms with Crippen LogP contribution in [0.4, 0.5) is 0 Å². The van der Waals surface area contributed by atoms with Crippen LogP contribution in [0.1, 0.15) is 50.4 Å². The van der Waals surface area contributed by atoms with Gasteiger partial charge in [-0.05, 0) is 47.3 Å². The van der Waals surface area contributed by atoms with E-state index >= 15 is 0 Å². The highest BCUT2D eigenvalue weighted by atomic mass is 14.8. The van der Waals surface area contributed by atoms with Gasteiger partial charge < -0.3 is 5.73 Å². The van der Waals surface area contributed by atoms with Gasteiger partial charge in [-0.25, -0.2) is 0 Å². The number of rotatable bonds is 2. The highest BCUT2D eigenvalue weighted by Crippen LogP contribution is 2.71. The topological polar surface area (TPSA) is 26.0 Å². The third kappa shape index (κ3) is 1.63. The Morgan fingerprint density at radius 2 is 1.59 bits per heavy atom. The quantitative estimate of drug-likeness (QED) is 0.818. The van der Waals surface area contributed by atoms with Gasteiger partial charge in [0, 0.05) is 6.04 Å². The molecule has 0 heterocycles. The molecule has 0 saturated heterocycles. The lowest BCUT2D eigenvalue weighted by Crippen LogP contribution is -2.18. The molecule has 1 unspecified atom stereocenters. The normalized spacial score (nSPS) is 23.5. The molecule has 1 heteroatoms. The minimum Gasteiger partial charge on any atom is -0.324 e. The third-order valence-corrected chi connectivity index (χ3v) is 5.50. The maximum atomic E-state index is 6.52. The molecule has 2 rings (SSSR count). The van der Waals surface area contributed by atoms with Crippen molar-refractivity contribution >= 4 is 0 Å². The average Bonchev–Trinajstić information content (AvgIpc) is 2.61. The summed E-state index contributed by atoms with van der Waals surface area (Å²) >= 11 is 0. The van der Waals surface area contributed by atoms with Crippen molar-refractivity contribution in [3.63, 3.8) is 0 Å². The maximum Gasteiger partial charge on any atom is 0.0336 e. The summed E-state index contributed by atoms with van der Waals surface area (Å²) in [4.78, 5) is 0. The summed E-state index contributed by atoms with van der Waals surface area (Å²) in [6.07, 6.45) is 0. The number of hydrogen-bond donors (Lipinski definition) is 1. The molecule has 17 heavy (non-hydrogen) atoms. The smallest absolute Gasteiger partial charge is 0.0336 e. The van der Waals surface area contributed by atoms with Gasteiger partial charge in [-0.15, -0.1) is 0 Å². The Morgan fingerprint density at radius 1 is 1.06 bits per heavy atom. The first-order valence-corrected chi connectivity index (χ1v) is 6.53. The molecule has 1 nitrogen and oxygen atoms in total. The van der Waals surface area contributed by atoms with E-state index in [4.69, 9.17) is 5.73 Å². The van der Waals surface area contributed by atoms with Crippen molar-refractivity contribution in [1.82, 2.24) is 0 Å². The molecule has 1 saturated carbocycles. The van der Waals surface area contributed by atoms with Crippen LogP contribution in [0.15, 0.2) is 18.2 Å². The van der Waals surface area contributed by atoms with E-state index in [9.17, 15) is 0 Å². The highest BCUT2D eigenvalue weighted by molar-refractivity contribution is 5.37. The lowest BCUT2D eigenvalue weighted by atomic mass is 9.92. The molecule has 0 spiro atoms. The number of benzene rings is 1. The predicted molar refractivity (Wildman–Crippen MR) is 73.9 cm³/mol. The summed E-state index contributed by atoms with van der Waals surface area (Å²) in [5.41, 5.74) is 11.2. The maximum absolute atomic E-state index is 6.52. The molecule has 1 aliphatic carbocycles. The fourth-order valence-corrected chi connectivity index (χ4v) is 3.46. The molecular formula is C16H25N. The summed E-state index contributed by atoms with van der Waals surface area (Å²) in [6, 6.07) is 6.64. The molecule has 1 aromatic rings. The molecule has 1 atom stereocenters. The fourth-order valence-electron chi connectivity index (χ4n) is 3.46. The van der Waals surface area contributed by atoms with Crippen LogP contribution in [0.25, 0.3) is 0 Å². The van der Waals surface area contributed by atoms with Crippen LogP contribution in [0.5, 0.6) is 0 Å². The molecule has 94 valence electrons. The minimum atomic E-state index is 0.167. The van der Waals surface area contributed by atoms with Crippen LogP contribution in [0.2, 0.25) is 0 Å². The Kier molecular flexibility index (Phi) is 2.66. The van der Waals surface area contributed by atoms with E-state index in [2.05, 4.69) is 59.7 Å². The van der Waals surface area contributed by atoms with Gasteiger partial charge in [-0.2, -0.15) is 0 Å². The zero-order valence-electron chi connectivity index (χ0n) is 12.0. The summed E-state index contributed by atoms with van der Waals surface area (Å²) in [7, 11) is 0. The lowest BCUT2D eigenvalue weighted by Gasteiger charge is -2.18. The first-order chi connectivity index (χ1) is 7.71. The highest BCUT2D eigenvalue weighted by Gasteiger charge is 2.66. The zero-order valence-corrected chi connectivity index (χ0v) is 12.0. The lowest BCUT2D eigenvalue weighted by molar-refractivity contribution is 0.457.